The largest absolute Gasteiger partial charge is 0.497 e. The van der Waals surface area contributed by atoms with Gasteiger partial charge in [0.05, 0.1) is 18.9 Å². The average Bonchev–Trinajstić information content (AvgIpc) is 2.87. The molecule has 1 aromatic carbocycles. The molecule has 1 aliphatic carbocycles. The maximum atomic E-state index is 13.3. The zero-order valence-corrected chi connectivity index (χ0v) is 18.4. The van der Waals surface area contributed by atoms with E-state index in [1.807, 2.05) is 59.5 Å². The van der Waals surface area contributed by atoms with Gasteiger partial charge in [-0.25, -0.2) is 4.98 Å². The Morgan fingerprint density at radius 3 is 2.38 bits per heavy atom. The van der Waals surface area contributed by atoms with Gasteiger partial charge in [0.15, 0.2) is 0 Å². The van der Waals surface area contributed by atoms with Gasteiger partial charge in [0.1, 0.15) is 11.6 Å². The van der Waals surface area contributed by atoms with Crippen LogP contribution in [0.3, 0.4) is 0 Å². The van der Waals surface area contributed by atoms with Crippen LogP contribution in [0.4, 0.5) is 5.82 Å². The number of carbonyl (C=O) groups is 2. The minimum absolute atomic E-state index is 0.0596. The molecule has 0 saturated carbocycles. The van der Waals surface area contributed by atoms with Crippen LogP contribution in [0.2, 0.25) is 0 Å². The Morgan fingerprint density at radius 2 is 1.72 bits per heavy atom. The molecule has 0 radical (unpaired) electrons. The summed E-state index contributed by atoms with van der Waals surface area (Å²) in [4.78, 5) is 34.8. The summed E-state index contributed by atoms with van der Waals surface area (Å²) in [5.74, 6) is 1.11. The average molecular weight is 435 g/mol. The molecule has 4 rings (SSSR count). The SMILES string of the molecule is COc1ccc(CNC(=O)C2CC=CCC2C(=O)N2CCN(c3ccccn3)CC2)cc1. The van der Waals surface area contributed by atoms with E-state index >= 15 is 0 Å². The van der Waals surface area contributed by atoms with Gasteiger partial charge >= 0.3 is 0 Å². The fourth-order valence-corrected chi connectivity index (χ4v) is 4.37. The number of anilines is 1. The topological polar surface area (TPSA) is 74.8 Å². The minimum atomic E-state index is -0.334. The molecule has 7 heteroatoms. The number of methoxy groups -OCH3 is 1. The second kappa shape index (κ2) is 10.3. The number of nitrogens with zero attached hydrogens (tertiary/aromatic N) is 3. The Balaban J connectivity index is 1.33. The summed E-state index contributed by atoms with van der Waals surface area (Å²) in [6.07, 6.45) is 7.04. The van der Waals surface area contributed by atoms with Gasteiger partial charge in [-0.1, -0.05) is 30.4 Å². The fraction of sp³-hybridized carbons (Fsp3) is 0.400. The van der Waals surface area contributed by atoms with Crippen LogP contribution >= 0.6 is 0 Å². The summed E-state index contributed by atoms with van der Waals surface area (Å²) in [6, 6.07) is 13.5. The zero-order valence-electron chi connectivity index (χ0n) is 18.4. The molecule has 7 nitrogen and oxygen atoms in total. The van der Waals surface area contributed by atoms with E-state index in [9.17, 15) is 9.59 Å². The molecule has 1 N–H and O–H groups in total. The van der Waals surface area contributed by atoms with E-state index < -0.39 is 0 Å². The van der Waals surface area contributed by atoms with E-state index in [1.165, 1.54) is 0 Å². The van der Waals surface area contributed by atoms with Gasteiger partial charge in [0, 0.05) is 38.9 Å². The van der Waals surface area contributed by atoms with Crippen molar-refractivity contribution in [3.05, 3.63) is 66.4 Å². The summed E-state index contributed by atoms with van der Waals surface area (Å²) < 4.78 is 5.18. The van der Waals surface area contributed by atoms with Crippen molar-refractivity contribution < 1.29 is 14.3 Å². The molecule has 0 spiro atoms. The number of ether oxygens (including phenoxy) is 1. The van der Waals surface area contributed by atoms with E-state index in [2.05, 4.69) is 15.2 Å². The fourth-order valence-electron chi connectivity index (χ4n) is 4.37. The smallest absolute Gasteiger partial charge is 0.226 e. The number of benzene rings is 1. The number of pyridine rings is 1. The van der Waals surface area contributed by atoms with E-state index in [0.717, 1.165) is 30.2 Å². The summed E-state index contributed by atoms with van der Waals surface area (Å²) in [5.41, 5.74) is 0.999. The Labute approximate surface area is 189 Å². The number of aromatic nitrogens is 1. The number of allylic oxidation sites excluding steroid dienone is 2. The summed E-state index contributed by atoms with van der Waals surface area (Å²) >= 11 is 0. The number of nitrogens with one attached hydrogen (secondary N) is 1. The molecule has 168 valence electrons. The number of amides is 2. The van der Waals surface area contributed by atoms with E-state index in [0.29, 0.717) is 32.5 Å². The number of carbonyl (C=O) groups excluding carboxylic acids is 2. The van der Waals surface area contributed by atoms with Crippen molar-refractivity contribution in [3.8, 4) is 5.75 Å². The van der Waals surface area contributed by atoms with Crippen molar-refractivity contribution in [2.24, 2.45) is 11.8 Å². The molecule has 32 heavy (non-hydrogen) atoms. The number of hydrogen-bond acceptors (Lipinski definition) is 5. The molecule has 2 unspecified atom stereocenters. The van der Waals surface area contributed by atoms with Crippen LogP contribution in [-0.4, -0.2) is 55.0 Å². The lowest BCUT2D eigenvalue weighted by molar-refractivity contribution is -0.142. The first-order chi connectivity index (χ1) is 15.7. The van der Waals surface area contributed by atoms with Crippen LogP contribution in [-0.2, 0) is 16.1 Å². The van der Waals surface area contributed by atoms with Gasteiger partial charge < -0.3 is 19.9 Å². The predicted molar refractivity (Wildman–Crippen MR) is 123 cm³/mol. The van der Waals surface area contributed by atoms with Gasteiger partial charge in [0.25, 0.3) is 0 Å². The summed E-state index contributed by atoms with van der Waals surface area (Å²) in [5, 5.41) is 3.02. The lowest BCUT2D eigenvalue weighted by Gasteiger charge is -2.38. The highest BCUT2D eigenvalue weighted by molar-refractivity contribution is 5.88. The van der Waals surface area contributed by atoms with Crippen molar-refractivity contribution in [2.75, 3.05) is 38.2 Å². The molecule has 2 atom stereocenters. The van der Waals surface area contributed by atoms with E-state index in [1.54, 1.807) is 13.3 Å². The van der Waals surface area contributed by atoms with Crippen molar-refractivity contribution in [1.82, 2.24) is 15.2 Å². The van der Waals surface area contributed by atoms with Gasteiger partial charge in [-0.05, 0) is 42.7 Å². The maximum absolute atomic E-state index is 13.3. The Hall–Kier alpha value is -3.35. The van der Waals surface area contributed by atoms with Crippen LogP contribution in [0.15, 0.2) is 60.8 Å². The highest BCUT2D eigenvalue weighted by Crippen LogP contribution is 2.28. The van der Waals surface area contributed by atoms with Gasteiger partial charge in [0.2, 0.25) is 11.8 Å². The van der Waals surface area contributed by atoms with Crippen LogP contribution in [0.5, 0.6) is 5.75 Å². The second-order valence-corrected chi connectivity index (χ2v) is 8.22. The van der Waals surface area contributed by atoms with E-state index in [4.69, 9.17) is 4.74 Å². The Bertz CT molecular complexity index is 937. The summed E-state index contributed by atoms with van der Waals surface area (Å²) in [7, 11) is 1.63. The van der Waals surface area contributed by atoms with Crippen LogP contribution in [0.25, 0.3) is 0 Å². The number of hydrogen-bond donors (Lipinski definition) is 1. The number of piperazine rings is 1. The molecule has 2 aliphatic rings. The monoisotopic (exact) mass is 434 g/mol. The van der Waals surface area contributed by atoms with Gasteiger partial charge in [-0.3, -0.25) is 9.59 Å². The first kappa shape index (κ1) is 21.9. The third-order valence-electron chi connectivity index (χ3n) is 6.28. The summed E-state index contributed by atoms with van der Waals surface area (Å²) in [6.45, 7) is 3.23. The Kier molecular flexibility index (Phi) is 7.04. The van der Waals surface area contributed by atoms with Crippen molar-refractivity contribution in [3.63, 3.8) is 0 Å². The molecule has 1 saturated heterocycles. The van der Waals surface area contributed by atoms with Crippen molar-refractivity contribution >= 4 is 17.6 Å². The zero-order chi connectivity index (χ0) is 22.3. The normalized spacial score (nSPS) is 20.7. The second-order valence-electron chi connectivity index (χ2n) is 8.22. The minimum Gasteiger partial charge on any atom is -0.497 e. The number of rotatable bonds is 6. The maximum Gasteiger partial charge on any atom is 0.226 e. The highest BCUT2D eigenvalue weighted by atomic mass is 16.5. The highest BCUT2D eigenvalue weighted by Gasteiger charge is 2.37. The molecular formula is C25H30N4O3. The molecule has 2 aromatic rings. The predicted octanol–water partition coefficient (Wildman–Crippen LogP) is 2.64. The van der Waals surface area contributed by atoms with Crippen molar-refractivity contribution in [2.45, 2.75) is 19.4 Å². The molecule has 1 fully saturated rings. The van der Waals surface area contributed by atoms with Gasteiger partial charge in [-0.2, -0.15) is 0 Å². The first-order valence-electron chi connectivity index (χ1n) is 11.2. The van der Waals surface area contributed by atoms with Crippen LogP contribution < -0.4 is 15.0 Å². The third kappa shape index (κ3) is 5.10. The molecule has 1 aromatic heterocycles. The van der Waals surface area contributed by atoms with Crippen LogP contribution in [0, 0.1) is 11.8 Å². The lowest BCUT2D eigenvalue weighted by Crippen LogP contribution is -2.52. The standard InChI is InChI=1S/C25H30N4O3/c1-32-20-11-9-19(10-12-20)18-27-24(30)21-6-2-3-7-22(21)25(31)29-16-14-28(15-17-29)23-8-4-5-13-26-23/h2-5,8-13,21-22H,6-7,14-18H2,1H3,(H,27,30). The van der Waals surface area contributed by atoms with Crippen LogP contribution in [0.1, 0.15) is 18.4 Å². The quantitative estimate of drug-likeness (QED) is 0.708. The van der Waals surface area contributed by atoms with E-state index in [-0.39, 0.29) is 23.7 Å². The van der Waals surface area contributed by atoms with Crippen molar-refractivity contribution in [1.29, 1.82) is 0 Å². The molecule has 2 heterocycles. The molecule has 0 bridgehead atoms. The Morgan fingerprint density at radius 1 is 1.00 bits per heavy atom. The molecule has 1 aliphatic heterocycles. The van der Waals surface area contributed by atoms with Gasteiger partial charge in [-0.15, -0.1) is 0 Å². The molecule has 2 amide bonds. The third-order valence-corrected chi connectivity index (χ3v) is 6.28. The lowest BCUT2D eigenvalue weighted by atomic mass is 9.81. The first-order valence-corrected chi connectivity index (χ1v) is 11.2. The molecular weight excluding hydrogens is 404 g/mol.